The van der Waals surface area contributed by atoms with Gasteiger partial charge in [0.15, 0.2) is 6.10 Å². The molecule has 0 aromatic heterocycles. The average molecular weight is 336 g/mol. The van der Waals surface area contributed by atoms with Crippen molar-refractivity contribution in [3.63, 3.8) is 0 Å². The van der Waals surface area contributed by atoms with Gasteiger partial charge in [0.05, 0.1) is 12.5 Å². The normalized spacial score (nSPS) is 11.4. The highest BCUT2D eigenvalue weighted by atomic mass is 16.5. The molecule has 1 atom stereocenters. The van der Waals surface area contributed by atoms with Crippen molar-refractivity contribution in [1.29, 1.82) is 5.26 Å². The Labute approximate surface area is 149 Å². The zero-order valence-corrected chi connectivity index (χ0v) is 14.8. The maximum absolute atomic E-state index is 13.0. The van der Waals surface area contributed by atoms with Gasteiger partial charge in [-0.25, -0.2) is 0 Å². The van der Waals surface area contributed by atoms with Crippen LogP contribution < -0.4 is 4.74 Å². The van der Waals surface area contributed by atoms with Crippen LogP contribution >= 0.6 is 0 Å². The molecular weight excluding hydrogens is 312 g/mol. The van der Waals surface area contributed by atoms with Crippen LogP contribution in [0.1, 0.15) is 30.9 Å². The standard InChI is InChI=1S/C21H24N2O2/c1-3-19(25-20-13-8-7-10-17(20)2)21(24)23(15-9-14-22)16-18-11-5-4-6-12-18/h4-8,10-13,19H,3,9,15-16H2,1-2H3. The predicted molar refractivity (Wildman–Crippen MR) is 98.0 cm³/mol. The molecule has 25 heavy (non-hydrogen) atoms. The van der Waals surface area contributed by atoms with E-state index in [0.717, 1.165) is 16.9 Å². The Hall–Kier alpha value is -2.80. The number of amides is 1. The first-order valence-electron chi connectivity index (χ1n) is 8.57. The number of aryl methyl sites for hydroxylation is 1. The van der Waals surface area contributed by atoms with Crippen molar-refractivity contribution in [2.75, 3.05) is 6.54 Å². The monoisotopic (exact) mass is 336 g/mol. The highest BCUT2D eigenvalue weighted by Crippen LogP contribution is 2.20. The fraction of sp³-hybridized carbons (Fsp3) is 0.333. The Morgan fingerprint density at radius 3 is 2.48 bits per heavy atom. The van der Waals surface area contributed by atoms with E-state index in [9.17, 15) is 4.79 Å². The van der Waals surface area contributed by atoms with E-state index < -0.39 is 6.10 Å². The van der Waals surface area contributed by atoms with Crippen LogP contribution in [0.3, 0.4) is 0 Å². The molecule has 0 fully saturated rings. The molecule has 0 spiro atoms. The van der Waals surface area contributed by atoms with Gasteiger partial charge >= 0.3 is 0 Å². The van der Waals surface area contributed by atoms with Gasteiger partial charge in [0, 0.05) is 13.1 Å². The number of nitriles is 1. The molecule has 0 N–H and O–H groups in total. The third kappa shape index (κ3) is 5.36. The Balaban J connectivity index is 2.14. The molecule has 4 nitrogen and oxygen atoms in total. The fourth-order valence-corrected chi connectivity index (χ4v) is 2.61. The van der Waals surface area contributed by atoms with Crippen LogP contribution in [0.2, 0.25) is 0 Å². The Kier molecular flexibility index (Phi) is 7.03. The molecule has 130 valence electrons. The molecule has 1 amide bonds. The van der Waals surface area contributed by atoms with E-state index in [1.165, 1.54) is 0 Å². The molecule has 2 rings (SSSR count). The number of hydrogen-bond donors (Lipinski definition) is 0. The average Bonchev–Trinajstić information content (AvgIpc) is 2.65. The summed E-state index contributed by atoms with van der Waals surface area (Å²) in [5.41, 5.74) is 2.04. The summed E-state index contributed by atoms with van der Waals surface area (Å²) in [5.74, 6) is 0.646. The molecule has 0 heterocycles. The number of nitrogens with zero attached hydrogens (tertiary/aromatic N) is 2. The number of hydrogen-bond acceptors (Lipinski definition) is 3. The van der Waals surface area contributed by atoms with Crippen LogP contribution in [-0.2, 0) is 11.3 Å². The van der Waals surface area contributed by atoms with Crippen molar-refractivity contribution >= 4 is 5.91 Å². The minimum Gasteiger partial charge on any atom is -0.480 e. The Morgan fingerprint density at radius 1 is 1.16 bits per heavy atom. The van der Waals surface area contributed by atoms with Crippen molar-refractivity contribution in [1.82, 2.24) is 4.90 Å². The number of ether oxygens (including phenoxy) is 1. The Bertz CT molecular complexity index is 722. The van der Waals surface area contributed by atoms with E-state index in [1.54, 1.807) is 4.90 Å². The molecule has 0 bridgehead atoms. The number of rotatable bonds is 8. The lowest BCUT2D eigenvalue weighted by atomic mass is 10.1. The van der Waals surface area contributed by atoms with Gasteiger partial charge in [0.2, 0.25) is 0 Å². The molecule has 2 aromatic rings. The van der Waals surface area contributed by atoms with E-state index in [0.29, 0.717) is 25.9 Å². The Morgan fingerprint density at radius 2 is 1.84 bits per heavy atom. The highest BCUT2D eigenvalue weighted by molar-refractivity contribution is 5.81. The van der Waals surface area contributed by atoms with E-state index in [1.807, 2.05) is 68.4 Å². The number of para-hydroxylation sites is 1. The maximum Gasteiger partial charge on any atom is 0.263 e. The van der Waals surface area contributed by atoms with E-state index in [4.69, 9.17) is 10.00 Å². The lowest BCUT2D eigenvalue weighted by Gasteiger charge is -2.27. The first-order chi connectivity index (χ1) is 12.2. The number of benzene rings is 2. The van der Waals surface area contributed by atoms with E-state index >= 15 is 0 Å². The molecular formula is C21H24N2O2. The van der Waals surface area contributed by atoms with Gasteiger partial charge in [-0.1, -0.05) is 55.5 Å². The van der Waals surface area contributed by atoms with Gasteiger partial charge in [0.1, 0.15) is 5.75 Å². The van der Waals surface area contributed by atoms with Gasteiger partial charge in [0.25, 0.3) is 5.91 Å². The molecule has 0 aliphatic carbocycles. The summed E-state index contributed by atoms with van der Waals surface area (Å²) < 4.78 is 5.98. The van der Waals surface area contributed by atoms with Crippen molar-refractivity contribution in [3.05, 3.63) is 65.7 Å². The van der Waals surface area contributed by atoms with Gasteiger partial charge < -0.3 is 9.64 Å². The van der Waals surface area contributed by atoms with Crippen LogP contribution in [0.25, 0.3) is 0 Å². The molecule has 0 aliphatic rings. The molecule has 1 unspecified atom stereocenters. The highest BCUT2D eigenvalue weighted by Gasteiger charge is 2.25. The topological polar surface area (TPSA) is 53.3 Å². The largest absolute Gasteiger partial charge is 0.480 e. The van der Waals surface area contributed by atoms with E-state index in [2.05, 4.69) is 6.07 Å². The van der Waals surface area contributed by atoms with Crippen LogP contribution in [0.15, 0.2) is 54.6 Å². The molecule has 0 radical (unpaired) electrons. The molecule has 0 aliphatic heterocycles. The predicted octanol–water partition coefficient (Wildman–Crippen LogP) is 4.09. The lowest BCUT2D eigenvalue weighted by Crippen LogP contribution is -2.41. The minimum atomic E-state index is -0.552. The number of carbonyl (C=O) groups is 1. The van der Waals surface area contributed by atoms with Gasteiger partial charge in [-0.3, -0.25) is 4.79 Å². The maximum atomic E-state index is 13.0. The van der Waals surface area contributed by atoms with Gasteiger partial charge in [-0.05, 0) is 30.5 Å². The quantitative estimate of drug-likeness (QED) is 0.729. The summed E-state index contributed by atoms with van der Waals surface area (Å²) in [4.78, 5) is 14.7. The smallest absolute Gasteiger partial charge is 0.263 e. The first-order valence-corrected chi connectivity index (χ1v) is 8.57. The molecule has 2 aromatic carbocycles. The van der Waals surface area contributed by atoms with Crippen molar-refractivity contribution in [2.45, 2.75) is 39.3 Å². The van der Waals surface area contributed by atoms with E-state index in [-0.39, 0.29) is 5.91 Å². The SMILES string of the molecule is CCC(Oc1ccccc1C)C(=O)N(CCC#N)Cc1ccccc1. The first kappa shape index (κ1) is 18.5. The summed E-state index contributed by atoms with van der Waals surface area (Å²) in [5, 5.41) is 8.91. The summed E-state index contributed by atoms with van der Waals surface area (Å²) in [6.07, 6.45) is 0.327. The summed E-state index contributed by atoms with van der Waals surface area (Å²) >= 11 is 0. The fourth-order valence-electron chi connectivity index (χ4n) is 2.61. The summed E-state index contributed by atoms with van der Waals surface area (Å²) in [6.45, 7) is 4.78. The molecule has 4 heteroatoms. The second-order valence-electron chi connectivity index (χ2n) is 5.93. The third-order valence-electron chi connectivity index (χ3n) is 4.03. The summed E-state index contributed by atoms with van der Waals surface area (Å²) in [7, 11) is 0. The zero-order valence-electron chi connectivity index (χ0n) is 14.8. The molecule has 0 saturated carbocycles. The third-order valence-corrected chi connectivity index (χ3v) is 4.03. The lowest BCUT2D eigenvalue weighted by molar-refractivity contribution is -0.139. The summed E-state index contributed by atoms with van der Waals surface area (Å²) in [6, 6.07) is 19.6. The second-order valence-corrected chi connectivity index (χ2v) is 5.93. The number of carbonyl (C=O) groups excluding carboxylic acids is 1. The minimum absolute atomic E-state index is 0.0788. The van der Waals surface area contributed by atoms with Crippen molar-refractivity contribution in [3.8, 4) is 11.8 Å². The van der Waals surface area contributed by atoms with Crippen LogP contribution in [0.4, 0.5) is 0 Å². The van der Waals surface area contributed by atoms with Crippen LogP contribution in [0.5, 0.6) is 5.75 Å². The van der Waals surface area contributed by atoms with Gasteiger partial charge in [-0.15, -0.1) is 0 Å². The second kappa shape index (κ2) is 9.48. The van der Waals surface area contributed by atoms with Crippen LogP contribution in [-0.4, -0.2) is 23.5 Å². The molecule has 0 saturated heterocycles. The zero-order chi connectivity index (χ0) is 18.1. The van der Waals surface area contributed by atoms with Crippen molar-refractivity contribution < 1.29 is 9.53 Å². The van der Waals surface area contributed by atoms with Gasteiger partial charge in [-0.2, -0.15) is 5.26 Å². The van der Waals surface area contributed by atoms with Crippen LogP contribution in [0, 0.1) is 18.3 Å². The van der Waals surface area contributed by atoms with Crippen molar-refractivity contribution in [2.24, 2.45) is 0 Å².